The quantitative estimate of drug-likeness (QED) is 0.0395. The van der Waals surface area contributed by atoms with Crippen LogP contribution in [0.2, 0.25) is 0 Å². The molecule has 0 spiro atoms. The summed E-state index contributed by atoms with van der Waals surface area (Å²) < 4.78 is 44.7. The molecule has 0 aliphatic carbocycles. The lowest BCUT2D eigenvalue weighted by atomic mass is 10.1. The van der Waals surface area contributed by atoms with Gasteiger partial charge in [-0.15, -0.1) is 12.8 Å². The number of aliphatic carboxylic acids is 1. The van der Waals surface area contributed by atoms with Crippen LogP contribution in [0.4, 0.5) is 21.0 Å². The maximum Gasteiger partial charge on any atom is 0.410 e. The minimum absolute atomic E-state index is 0.0293. The average Bonchev–Trinajstić information content (AvgIpc) is 3.37. The van der Waals surface area contributed by atoms with E-state index < -0.39 is 47.6 Å². The molecule has 2 saturated heterocycles. The molecule has 408 valence electrons. The molecular weight excluding hydrogens is 1010 g/mol. The number of aldehydes is 1. The monoisotopic (exact) mass is 1070 g/mol. The summed E-state index contributed by atoms with van der Waals surface area (Å²) in [6, 6.07) is 23.6. The number of ether oxygens (including phenoxy) is 8. The van der Waals surface area contributed by atoms with Gasteiger partial charge in [0.15, 0.2) is 29.3 Å². The lowest BCUT2D eigenvalue weighted by Crippen LogP contribution is -2.57. The van der Waals surface area contributed by atoms with Crippen LogP contribution in [0, 0.1) is 47.3 Å². The smallest absolute Gasteiger partial charge is 0.410 e. The molecule has 0 unspecified atom stereocenters. The first-order valence-electron chi connectivity index (χ1n) is 23.8. The third-order valence-corrected chi connectivity index (χ3v) is 10.3. The van der Waals surface area contributed by atoms with Gasteiger partial charge in [0.05, 0.1) is 68.5 Å². The summed E-state index contributed by atoms with van der Waals surface area (Å²) >= 11 is 0. The second-order valence-electron chi connectivity index (χ2n) is 18.6. The van der Waals surface area contributed by atoms with E-state index in [4.69, 9.17) is 61.1 Å². The van der Waals surface area contributed by atoms with Crippen molar-refractivity contribution in [3.8, 4) is 71.3 Å². The van der Waals surface area contributed by atoms with Crippen molar-refractivity contribution in [1.29, 1.82) is 10.5 Å². The van der Waals surface area contributed by atoms with Crippen molar-refractivity contribution in [3.05, 3.63) is 101 Å². The molecule has 0 bridgehead atoms. The first-order valence-corrected chi connectivity index (χ1v) is 23.8. The van der Waals surface area contributed by atoms with Gasteiger partial charge in [-0.3, -0.25) is 19.2 Å². The number of hydrogen-bond donors (Lipinski definition) is 3. The van der Waals surface area contributed by atoms with Crippen molar-refractivity contribution < 1.29 is 71.8 Å². The van der Waals surface area contributed by atoms with Crippen molar-refractivity contribution in [1.82, 2.24) is 9.80 Å². The Morgan fingerprint density at radius 2 is 1.08 bits per heavy atom. The number of rotatable bonds is 17. The molecule has 2 heterocycles. The number of carbonyl (C=O) groups excluding carboxylic acids is 5. The molecule has 2 aliphatic heterocycles. The Bertz CT molecular complexity index is 3010. The van der Waals surface area contributed by atoms with Crippen molar-refractivity contribution >= 4 is 53.7 Å². The standard InChI is InChI=1S/C28H29N3O6.C19H23NO6.C10H8N2O3/c1-6-15-35-23-13-11-19(12-14-24(32)30-22-10-8-7-9-20(22)16-29)25(26(23)34-5)36-21-17-31(18-21)27(33)37-28(2,3)4;1-6-9-24-15-8-7-13(12-21)16(17(15)23-5)25-14-10-20(11-14)18(22)26-19(2,3)4;11-6-7-3-1-2-4-8(7)12-9(13)5-10(14)15/h1,7-14,21H,15,17-18H2,2-5H3,(H,30,32);1,7-8,12,14H,9-11H2,2-5H3;1-4H,5H2,(H,12,13)(H,14,15)/b14-12+;;. The highest BCUT2D eigenvalue weighted by atomic mass is 16.6. The Kier molecular flexibility index (Phi) is 22.3. The number of anilines is 2. The van der Waals surface area contributed by atoms with Crippen LogP contribution in [0.15, 0.2) is 78.9 Å². The van der Waals surface area contributed by atoms with Gasteiger partial charge in [0.1, 0.15) is 55.2 Å². The lowest BCUT2D eigenvalue weighted by molar-refractivity contribution is -0.139. The van der Waals surface area contributed by atoms with Crippen molar-refractivity contribution in [2.45, 2.75) is 71.4 Å². The maximum absolute atomic E-state index is 12.6. The van der Waals surface area contributed by atoms with Gasteiger partial charge in [0.2, 0.25) is 23.3 Å². The highest BCUT2D eigenvalue weighted by Crippen LogP contribution is 2.43. The van der Waals surface area contributed by atoms with Gasteiger partial charge in [-0.1, -0.05) is 36.1 Å². The Morgan fingerprint density at radius 1 is 0.654 bits per heavy atom. The van der Waals surface area contributed by atoms with E-state index in [9.17, 15) is 34.0 Å². The van der Waals surface area contributed by atoms with E-state index >= 15 is 0 Å². The van der Waals surface area contributed by atoms with Gasteiger partial charge in [-0.2, -0.15) is 10.5 Å². The molecule has 0 aromatic heterocycles. The number of para-hydroxylation sites is 2. The first kappa shape index (κ1) is 60.7. The van der Waals surface area contributed by atoms with Crippen molar-refractivity contribution in [2.75, 3.05) is 64.2 Å². The van der Waals surface area contributed by atoms with Gasteiger partial charge in [0.25, 0.3) is 0 Å². The Morgan fingerprint density at radius 3 is 1.47 bits per heavy atom. The Labute approximate surface area is 452 Å². The van der Waals surface area contributed by atoms with E-state index in [1.165, 1.54) is 42.2 Å². The van der Waals surface area contributed by atoms with Gasteiger partial charge < -0.3 is 63.4 Å². The van der Waals surface area contributed by atoms with Gasteiger partial charge in [0, 0.05) is 11.6 Å². The summed E-state index contributed by atoms with van der Waals surface area (Å²) in [6.45, 7) is 12.3. The number of likely N-dealkylation sites (tertiary alicyclic amines) is 2. The number of amides is 4. The predicted molar refractivity (Wildman–Crippen MR) is 285 cm³/mol. The molecule has 4 amide bonds. The van der Waals surface area contributed by atoms with Crippen LogP contribution in [0.5, 0.6) is 34.5 Å². The fourth-order valence-electron chi connectivity index (χ4n) is 6.80. The van der Waals surface area contributed by atoms with E-state index in [2.05, 4.69) is 22.5 Å². The van der Waals surface area contributed by atoms with Gasteiger partial charge in [-0.05, 0) is 96.1 Å². The number of hydrogen-bond acceptors (Lipinski definition) is 16. The van der Waals surface area contributed by atoms with E-state index in [0.717, 1.165) is 0 Å². The molecule has 2 aliphatic rings. The van der Waals surface area contributed by atoms with Crippen LogP contribution in [0.25, 0.3) is 6.08 Å². The predicted octanol–water partition coefficient (Wildman–Crippen LogP) is 7.72. The molecule has 4 aromatic carbocycles. The van der Waals surface area contributed by atoms with E-state index in [-0.39, 0.29) is 31.2 Å². The van der Waals surface area contributed by atoms with E-state index in [0.29, 0.717) is 94.8 Å². The summed E-state index contributed by atoms with van der Waals surface area (Å²) in [6.07, 6.45) is 12.1. The van der Waals surface area contributed by atoms with Crippen molar-refractivity contribution in [2.24, 2.45) is 0 Å². The Balaban J connectivity index is 0.000000277. The van der Waals surface area contributed by atoms with Crippen LogP contribution in [0.3, 0.4) is 0 Å². The molecule has 4 aromatic rings. The second-order valence-corrected chi connectivity index (χ2v) is 18.6. The minimum atomic E-state index is -1.21. The van der Waals surface area contributed by atoms with Gasteiger partial charge >= 0.3 is 18.2 Å². The minimum Gasteiger partial charge on any atom is -0.490 e. The number of nitrogens with one attached hydrogen (secondary N) is 2. The molecule has 0 saturated carbocycles. The van der Waals surface area contributed by atoms with Crippen LogP contribution in [-0.2, 0) is 23.9 Å². The van der Waals surface area contributed by atoms with Crippen LogP contribution in [-0.4, -0.2) is 128 Å². The molecule has 0 atom stereocenters. The fourth-order valence-corrected chi connectivity index (χ4v) is 6.80. The number of carbonyl (C=O) groups is 6. The number of nitriles is 2. The molecule has 0 radical (unpaired) electrons. The number of methoxy groups -OCH3 is 2. The summed E-state index contributed by atoms with van der Waals surface area (Å²) in [5.74, 6) is 4.46. The third-order valence-electron chi connectivity index (χ3n) is 10.3. The largest absolute Gasteiger partial charge is 0.490 e. The number of terminal acetylenes is 2. The normalized spacial score (nSPS) is 12.7. The zero-order valence-corrected chi connectivity index (χ0v) is 44.4. The third kappa shape index (κ3) is 18.5. The number of benzene rings is 4. The Hall–Kier alpha value is -9.86. The van der Waals surface area contributed by atoms with Crippen LogP contribution in [0.1, 0.15) is 75.0 Å². The average molecular weight is 1070 g/mol. The van der Waals surface area contributed by atoms with E-state index in [1.807, 2.05) is 32.9 Å². The fraction of sp³-hybridized carbons (Fsp3) is 0.333. The second kappa shape index (κ2) is 28.7. The SMILES string of the molecule is C#CCOc1ccc(/C=C/C(=O)Nc2ccccc2C#N)c(OC2CN(C(=O)OC(C)(C)C)C2)c1OC.C#CCOc1ccc(C=O)c(OC2CN(C(=O)OC(C)(C)C)C2)c1OC.N#Cc1ccccc1NC(=O)CC(=O)O. The molecule has 21 nitrogen and oxygen atoms in total. The summed E-state index contributed by atoms with van der Waals surface area (Å²) in [5, 5.41) is 31.3. The number of carboxylic acid groups (broad SMARTS) is 1. The summed E-state index contributed by atoms with van der Waals surface area (Å²) in [4.78, 5) is 72.6. The summed E-state index contributed by atoms with van der Waals surface area (Å²) in [5.41, 5.74) is 1.10. The topological polar surface area (TPSA) is 275 Å². The molecular formula is C57H60N6O15. The van der Waals surface area contributed by atoms with Crippen LogP contribution < -0.4 is 39.1 Å². The van der Waals surface area contributed by atoms with E-state index in [1.54, 1.807) is 87.5 Å². The number of nitrogens with zero attached hydrogens (tertiary/aromatic N) is 4. The number of carboxylic acids is 1. The zero-order chi connectivity index (χ0) is 57.6. The highest BCUT2D eigenvalue weighted by molar-refractivity contribution is 6.03. The first-order chi connectivity index (χ1) is 37.1. The summed E-state index contributed by atoms with van der Waals surface area (Å²) in [7, 11) is 2.92. The highest BCUT2D eigenvalue weighted by Gasteiger charge is 2.38. The maximum atomic E-state index is 12.6. The van der Waals surface area contributed by atoms with Gasteiger partial charge in [-0.25, -0.2) is 9.59 Å². The molecule has 78 heavy (non-hydrogen) atoms. The van der Waals surface area contributed by atoms with Crippen LogP contribution >= 0.6 is 0 Å². The molecule has 21 heteroatoms. The van der Waals surface area contributed by atoms with Crippen molar-refractivity contribution in [3.63, 3.8) is 0 Å². The zero-order valence-electron chi connectivity index (χ0n) is 44.4. The molecule has 6 rings (SSSR count). The molecule has 2 fully saturated rings. The molecule has 3 N–H and O–H groups in total. The lowest BCUT2D eigenvalue weighted by Gasteiger charge is -2.39.